The van der Waals surface area contributed by atoms with Gasteiger partial charge in [-0.2, -0.15) is 11.8 Å². The van der Waals surface area contributed by atoms with E-state index in [0.717, 1.165) is 37.1 Å². The first-order valence-electron chi connectivity index (χ1n) is 7.10. The van der Waals surface area contributed by atoms with Gasteiger partial charge in [-0.05, 0) is 25.2 Å². The third-order valence-corrected chi connectivity index (χ3v) is 5.88. The molecule has 0 aliphatic rings. The van der Waals surface area contributed by atoms with Crippen LogP contribution < -0.4 is 0 Å². The summed E-state index contributed by atoms with van der Waals surface area (Å²) in [5, 5.41) is 0. The molecule has 2 rings (SSSR count). The molecule has 2 aromatic heterocycles. The van der Waals surface area contributed by atoms with Crippen LogP contribution in [0.5, 0.6) is 0 Å². The SMILES string of the molecule is CCC(CC)(Cn1c(CCCl)nc2cnccc21)SC. The molecule has 0 saturated heterocycles. The normalized spacial score (nSPS) is 12.2. The van der Waals surface area contributed by atoms with Crippen molar-refractivity contribution in [3.05, 3.63) is 24.3 Å². The summed E-state index contributed by atoms with van der Waals surface area (Å²) < 4.78 is 2.60. The van der Waals surface area contributed by atoms with Crippen molar-refractivity contribution in [2.24, 2.45) is 0 Å². The Hall–Kier alpha value is -0.740. The number of aryl methyl sites for hydroxylation is 1. The molecule has 0 saturated carbocycles. The summed E-state index contributed by atoms with van der Waals surface area (Å²) in [6.07, 6.45) is 8.97. The molecule has 3 nitrogen and oxygen atoms in total. The molecule has 0 aromatic carbocycles. The molecule has 2 heterocycles. The lowest BCUT2D eigenvalue weighted by Gasteiger charge is -2.31. The van der Waals surface area contributed by atoms with Crippen molar-refractivity contribution < 1.29 is 0 Å². The standard InChI is InChI=1S/C15H22ClN3S/c1-4-15(5-2,20-3)11-19-13-7-9-17-10-12(13)18-14(19)6-8-16/h7,9-10H,4-6,8,11H2,1-3H3. The lowest BCUT2D eigenvalue weighted by molar-refractivity contribution is 0.464. The Bertz CT molecular complexity index is 555. The average Bonchev–Trinajstić information content (AvgIpc) is 2.83. The number of pyridine rings is 1. The number of thioether (sulfide) groups is 1. The van der Waals surface area contributed by atoms with Gasteiger partial charge in [0.15, 0.2) is 0 Å². The fourth-order valence-electron chi connectivity index (χ4n) is 2.60. The Morgan fingerprint density at radius 2 is 2.10 bits per heavy atom. The van der Waals surface area contributed by atoms with E-state index in [4.69, 9.17) is 16.6 Å². The second-order valence-electron chi connectivity index (χ2n) is 5.01. The Labute approximate surface area is 130 Å². The largest absolute Gasteiger partial charge is 0.326 e. The van der Waals surface area contributed by atoms with Gasteiger partial charge in [-0.3, -0.25) is 4.98 Å². The van der Waals surface area contributed by atoms with Crippen molar-refractivity contribution in [3.8, 4) is 0 Å². The maximum absolute atomic E-state index is 5.93. The lowest BCUT2D eigenvalue weighted by Crippen LogP contribution is -2.29. The van der Waals surface area contributed by atoms with Crippen LogP contribution in [0.2, 0.25) is 0 Å². The molecule has 0 unspecified atom stereocenters. The Balaban J connectivity index is 2.48. The first kappa shape index (κ1) is 15.6. The maximum atomic E-state index is 5.93. The van der Waals surface area contributed by atoms with E-state index in [2.05, 4.69) is 35.7 Å². The molecule has 0 bridgehead atoms. The van der Waals surface area contributed by atoms with E-state index >= 15 is 0 Å². The van der Waals surface area contributed by atoms with Crippen LogP contribution in [0.25, 0.3) is 11.0 Å². The minimum Gasteiger partial charge on any atom is -0.326 e. The first-order chi connectivity index (χ1) is 9.69. The quantitative estimate of drug-likeness (QED) is 0.720. The third-order valence-electron chi connectivity index (χ3n) is 4.12. The van der Waals surface area contributed by atoms with Crippen LogP contribution in [0, 0.1) is 0 Å². The second-order valence-corrected chi connectivity index (χ2v) is 6.66. The number of hydrogen-bond donors (Lipinski definition) is 0. The zero-order valence-corrected chi connectivity index (χ0v) is 14.0. The molecule has 5 heteroatoms. The molecule has 0 aliphatic heterocycles. The number of imidazole rings is 1. The molecule has 0 spiro atoms. The summed E-state index contributed by atoms with van der Waals surface area (Å²) in [6.45, 7) is 5.51. The van der Waals surface area contributed by atoms with Gasteiger partial charge in [0.25, 0.3) is 0 Å². The van der Waals surface area contributed by atoms with Crippen LogP contribution in [0.15, 0.2) is 18.5 Å². The van der Waals surface area contributed by atoms with Gasteiger partial charge in [-0.15, -0.1) is 11.6 Å². The summed E-state index contributed by atoms with van der Waals surface area (Å²) in [5.41, 5.74) is 2.13. The van der Waals surface area contributed by atoms with E-state index in [1.807, 2.05) is 24.2 Å². The van der Waals surface area contributed by atoms with Gasteiger partial charge in [0.1, 0.15) is 11.3 Å². The van der Waals surface area contributed by atoms with Crippen LogP contribution in [0.1, 0.15) is 32.5 Å². The number of aromatic nitrogens is 3. The van der Waals surface area contributed by atoms with Gasteiger partial charge in [-0.25, -0.2) is 4.98 Å². The molecule has 20 heavy (non-hydrogen) atoms. The van der Waals surface area contributed by atoms with Gasteiger partial charge >= 0.3 is 0 Å². The fraction of sp³-hybridized carbons (Fsp3) is 0.600. The Morgan fingerprint density at radius 1 is 1.35 bits per heavy atom. The topological polar surface area (TPSA) is 30.7 Å². The maximum Gasteiger partial charge on any atom is 0.111 e. The van der Waals surface area contributed by atoms with Crippen LogP contribution >= 0.6 is 23.4 Å². The van der Waals surface area contributed by atoms with E-state index in [0.29, 0.717) is 5.88 Å². The zero-order valence-electron chi connectivity index (χ0n) is 12.4. The van der Waals surface area contributed by atoms with E-state index < -0.39 is 0 Å². The van der Waals surface area contributed by atoms with Crippen molar-refractivity contribution in [2.75, 3.05) is 12.1 Å². The Morgan fingerprint density at radius 3 is 2.70 bits per heavy atom. The minimum atomic E-state index is 0.262. The number of rotatable bonds is 7. The van der Waals surface area contributed by atoms with E-state index in [-0.39, 0.29) is 4.75 Å². The highest BCUT2D eigenvalue weighted by molar-refractivity contribution is 8.00. The predicted octanol–water partition coefficient (Wildman–Crippen LogP) is 4.13. The number of hydrogen-bond acceptors (Lipinski definition) is 3. The molecular formula is C15H22ClN3S. The Kier molecular flexibility index (Phi) is 5.33. The zero-order chi connectivity index (χ0) is 14.6. The summed E-state index contributed by atoms with van der Waals surface area (Å²) in [4.78, 5) is 8.87. The van der Waals surface area contributed by atoms with Gasteiger partial charge in [-0.1, -0.05) is 13.8 Å². The number of halogens is 1. The summed E-state index contributed by atoms with van der Waals surface area (Å²) in [6, 6.07) is 2.05. The van der Waals surface area contributed by atoms with E-state index in [9.17, 15) is 0 Å². The summed E-state index contributed by atoms with van der Waals surface area (Å²) in [5.74, 6) is 1.67. The smallest absolute Gasteiger partial charge is 0.111 e. The molecule has 0 atom stereocenters. The van der Waals surface area contributed by atoms with Crippen molar-refractivity contribution >= 4 is 34.4 Å². The fourth-order valence-corrected chi connectivity index (χ4v) is 3.60. The molecule has 0 N–H and O–H groups in total. The van der Waals surface area contributed by atoms with Gasteiger partial charge in [0.2, 0.25) is 0 Å². The highest BCUT2D eigenvalue weighted by atomic mass is 35.5. The van der Waals surface area contributed by atoms with Gasteiger partial charge in [0, 0.05) is 29.8 Å². The molecule has 0 amide bonds. The van der Waals surface area contributed by atoms with Crippen molar-refractivity contribution in [1.29, 1.82) is 0 Å². The molecule has 0 aliphatic carbocycles. The van der Waals surface area contributed by atoms with E-state index in [1.54, 1.807) is 0 Å². The van der Waals surface area contributed by atoms with Gasteiger partial charge < -0.3 is 4.57 Å². The van der Waals surface area contributed by atoms with Crippen LogP contribution in [-0.2, 0) is 13.0 Å². The van der Waals surface area contributed by atoms with E-state index in [1.165, 1.54) is 5.52 Å². The first-order valence-corrected chi connectivity index (χ1v) is 8.86. The number of nitrogens with zero attached hydrogens (tertiary/aromatic N) is 3. The van der Waals surface area contributed by atoms with Crippen molar-refractivity contribution in [3.63, 3.8) is 0 Å². The molecule has 0 radical (unpaired) electrons. The van der Waals surface area contributed by atoms with Crippen LogP contribution in [0.3, 0.4) is 0 Å². The number of alkyl halides is 1. The summed E-state index contributed by atoms with van der Waals surface area (Å²) >= 11 is 7.89. The van der Waals surface area contributed by atoms with Crippen molar-refractivity contribution in [2.45, 2.75) is 44.4 Å². The monoisotopic (exact) mass is 311 g/mol. The van der Waals surface area contributed by atoms with Crippen LogP contribution in [0.4, 0.5) is 0 Å². The molecule has 110 valence electrons. The van der Waals surface area contributed by atoms with Crippen LogP contribution in [-0.4, -0.2) is 31.4 Å². The highest BCUT2D eigenvalue weighted by Crippen LogP contribution is 2.34. The summed E-state index contributed by atoms with van der Waals surface area (Å²) in [7, 11) is 0. The lowest BCUT2D eigenvalue weighted by atomic mass is 10.0. The highest BCUT2D eigenvalue weighted by Gasteiger charge is 2.27. The molecule has 0 fully saturated rings. The molecular weight excluding hydrogens is 290 g/mol. The van der Waals surface area contributed by atoms with Crippen molar-refractivity contribution in [1.82, 2.24) is 14.5 Å². The predicted molar refractivity (Wildman–Crippen MR) is 88.8 cm³/mol. The molecule has 2 aromatic rings. The minimum absolute atomic E-state index is 0.262. The number of fused-ring (bicyclic) bond motifs is 1. The second kappa shape index (κ2) is 6.81. The van der Waals surface area contributed by atoms with Gasteiger partial charge in [0.05, 0.1) is 11.7 Å². The average molecular weight is 312 g/mol. The third kappa shape index (κ3) is 2.96.